The molecule has 0 aliphatic carbocycles. The minimum Gasteiger partial charge on any atom is -0.466 e. The number of alkyl halides is 3. The molecule has 0 unspecified atom stereocenters. The van der Waals surface area contributed by atoms with Gasteiger partial charge in [-0.05, 0) is 36.8 Å². The number of nitrogens with zero attached hydrogens (tertiary/aromatic N) is 1. The predicted molar refractivity (Wildman–Crippen MR) is 104 cm³/mol. The highest BCUT2D eigenvalue weighted by Crippen LogP contribution is 2.45. The number of hydrogen-bond donors (Lipinski definition) is 1. The number of amides is 2. The van der Waals surface area contributed by atoms with Gasteiger partial charge in [0.2, 0.25) is 0 Å². The molecule has 6 nitrogen and oxygen atoms in total. The first-order valence-corrected chi connectivity index (χ1v) is 9.33. The second-order valence-electron chi connectivity index (χ2n) is 7.04. The highest BCUT2D eigenvalue weighted by molar-refractivity contribution is 6.11. The zero-order valence-electron chi connectivity index (χ0n) is 17.0. The third kappa shape index (κ3) is 3.83. The molecule has 168 valence electrons. The fourth-order valence-electron chi connectivity index (χ4n) is 3.52. The Balaban J connectivity index is 2.13. The molecule has 0 saturated carbocycles. The van der Waals surface area contributed by atoms with Crippen molar-refractivity contribution in [1.29, 1.82) is 0 Å². The van der Waals surface area contributed by atoms with Gasteiger partial charge in [-0.3, -0.25) is 9.59 Å². The summed E-state index contributed by atoms with van der Waals surface area (Å²) in [6.07, 6.45) is -5.39. The second-order valence-corrected chi connectivity index (χ2v) is 7.04. The average molecular weight is 450 g/mol. The summed E-state index contributed by atoms with van der Waals surface area (Å²) in [6, 6.07) is 11.9. The van der Waals surface area contributed by atoms with E-state index in [9.17, 15) is 31.9 Å². The van der Waals surface area contributed by atoms with E-state index in [0.717, 1.165) is 36.3 Å². The van der Waals surface area contributed by atoms with Gasteiger partial charge < -0.3 is 15.0 Å². The zero-order valence-corrected chi connectivity index (χ0v) is 17.0. The lowest BCUT2D eigenvalue weighted by atomic mass is 9.88. The maximum absolute atomic E-state index is 14.5. The van der Waals surface area contributed by atoms with Crippen molar-refractivity contribution >= 4 is 17.8 Å². The van der Waals surface area contributed by atoms with Crippen molar-refractivity contribution < 1.29 is 36.7 Å². The Hall–Kier alpha value is -3.69. The number of nitrogens with one attached hydrogen (secondary N) is 1. The average Bonchev–Trinajstić information content (AvgIpc) is 2.96. The van der Waals surface area contributed by atoms with Crippen LogP contribution in [0.5, 0.6) is 0 Å². The Morgan fingerprint density at radius 1 is 1.06 bits per heavy atom. The quantitative estimate of drug-likeness (QED) is 0.560. The molecule has 0 aromatic heterocycles. The highest BCUT2D eigenvalue weighted by atomic mass is 19.4. The van der Waals surface area contributed by atoms with Crippen LogP contribution in [-0.4, -0.2) is 41.5 Å². The Labute approximate surface area is 180 Å². The summed E-state index contributed by atoms with van der Waals surface area (Å²) in [5, 5.41) is 1.69. The van der Waals surface area contributed by atoms with Gasteiger partial charge in [-0.1, -0.05) is 30.3 Å². The molecule has 0 spiro atoms. The van der Waals surface area contributed by atoms with Gasteiger partial charge >= 0.3 is 12.1 Å². The van der Waals surface area contributed by atoms with Gasteiger partial charge in [0, 0.05) is 11.3 Å². The van der Waals surface area contributed by atoms with Crippen LogP contribution in [0.1, 0.15) is 22.8 Å². The first-order chi connectivity index (χ1) is 15.0. The van der Waals surface area contributed by atoms with Crippen molar-refractivity contribution in [2.45, 2.75) is 25.2 Å². The lowest BCUT2D eigenvalue weighted by Crippen LogP contribution is -2.66. The number of rotatable bonds is 5. The smallest absolute Gasteiger partial charge is 0.425 e. The fourth-order valence-corrected chi connectivity index (χ4v) is 3.52. The molecule has 32 heavy (non-hydrogen) atoms. The molecule has 1 aliphatic heterocycles. The van der Waals surface area contributed by atoms with E-state index in [4.69, 9.17) is 0 Å². The molecule has 2 amide bonds. The van der Waals surface area contributed by atoms with Crippen molar-refractivity contribution in [3.63, 3.8) is 0 Å². The van der Waals surface area contributed by atoms with Crippen LogP contribution in [0.3, 0.4) is 0 Å². The van der Waals surface area contributed by atoms with Crippen LogP contribution >= 0.6 is 0 Å². The van der Waals surface area contributed by atoms with E-state index in [1.807, 2.05) is 0 Å². The Bertz CT molecular complexity index is 1080. The van der Waals surface area contributed by atoms with E-state index >= 15 is 0 Å². The largest absolute Gasteiger partial charge is 0.466 e. The van der Waals surface area contributed by atoms with Crippen LogP contribution in [0.25, 0.3) is 0 Å². The van der Waals surface area contributed by atoms with Crippen LogP contribution < -0.4 is 5.32 Å². The predicted octanol–water partition coefficient (Wildman–Crippen LogP) is 3.35. The molecule has 3 rings (SSSR count). The number of carbonyl (C=O) groups is 3. The van der Waals surface area contributed by atoms with Crippen molar-refractivity contribution in [3.05, 3.63) is 82.8 Å². The first-order valence-electron chi connectivity index (χ1n) is 9.33. The molecule has 2 aromatic rings. The Morgan fingerprint density at radius 2 is 1.66 bits per heavy atom. The SMILES string of the molecule is COC(=O)C1=C(C)N(Cc2ccccc2)C(=O)[C@@]1(NC(=O)c1ccc(F)cc1)C(F)(F)F. The summed E-state index contributed by atoms with van der Waals surface area (Å²) >= 11 is 0. The lowest BCUT2D eigenvalue weighted by molar-refractivity contribution is -0.192. The molecule has 1 heterocycles. The van der Waals surface area contributed by atoms with E-state index in [-0.39, 0.29) is 17.8 Å². The standard InChI is InChI=1S/C22H18F4N2O4/c1-13-17(19(30)32-2)21(22(24,25)26,27-18(29)15-8-10-16(23)11-9-15)20(31)28(13)12-14-6-4-3-5-7-14/h3-11H,12H2,1-2H3,(H,27,29)/t21-/m1/s1. The van der Waals surface area contributed by atoms with Crippen LogP contribution in [0.2, 0.25) is 0 Å². The molecule has 1 N–H and O–H groups in total. The zero-order chi connectivity index (χ0) is 23.7. The maximum Gasteiger partial charge on any atom is 0.425 e. The Kier molecular flexibility index (Phi) is 6.07. The summed E-state index contributed by atoms with van der Waals surface area (Å²) in [6.45, 7) is 0.904. The normalized spacial score (nSPS) is 18.7. The number of methoxy groups -OCH3 is 1. The highest BCUT2D eigenvalue weighted by Gasteiger charge is 2.70. The van der Waals surface area contributed by atoms with Gasteiger partial charge in [-0.15, -0.1) is 0 Å². The van der Waals surface area contributed by atoms with Gasteiger partial charge in [0.15, 0.2) is 0 Å². The van der Waals surface area contributed by atoms with E-state index in [1.54, 1.807) is 35.6 Å². The van der Waals surface area contributed by atoms with Crippen LogP contribution in [-0.2, 0) is 20.9 Å². The molecule has 2 aromatic carbocycles. The number of allylic oxidation sites excluding steroid dienone is 1. The monoisotopic (exact) mass is 450 g/mol. The van der Waals surface area contributed by atoms with Crippen LogP contribution in [0, 0.1) is 5.82 Å². The summed E-state index contributed by atoms with van der Waals surface area (Å²) in [4.78, 5) is 39.1. The van der Waals surface area contributed by atoms with Crippen molar-refractivity contribution in [2.24, 2.45) is 0 Å². The molecule has 0 radical (unpaired) electrons. The fraction of sp³-hybridized carbons (Fsp3) is 0.227. The topological polar surface area (TPSA) is 75.7 Å². The van der Waals surface area contributed by atoms with Crippen molar-refractivity contribution in [2.75, 3.05) is 7.11 Å². The van der Waals surface area contributed by atoms with Gasteiger partial charge in [-0.25, -0.2) is 9.18 Å². The summed E-state index contributed by atoms with van der Waals surface area (Å²) in [5.74, 6) is -4.99. The molecule has 1 aliphatic rings. The van der Waals surface area contributed by atoms with Gasteiger partial charge in [-0.2, -0.15) is 13.2 Å². The number of carbonyl (C=O) groups excluding carboxylic acids is 3. The van der Waals surface area contributed by atoms with E-state index in [2.05, 4.69) is 4.74 Å². The maximum atomic E-state index is 14.5. The van der Waals surface area contributed by atoms with Crippen molar-refractivity contribution in [3.8, 4) is 0 Å². The number of halogens is 4. The molecule has 0 bridgehead atoms. The summed E-state index contributed by atoms with van der Waals surface area (Å²) < 4.78 is 61.1. The van der Waals surface area contributed by atoms with Crippen LogP contribution in [0.4, 0.5) is 17.6 Å². The molecule has 0 fully saturated rings. The summed E-state index contributed by atoms with van der Waals surface area (Å²) in [7, 11) is 0.871. The lowest BCUT2D eigenvalue weighted by Gasteiger charge is -2.33. The molecule has 1 atom stereocenters. The van der Waals surface area contributed by atoms with Gasteiger partial charge in [0.25, 0.3) is 17.4 Å². The molecular formula is C22H18F4N2O4. The third-order valence-electron chi connectivity index (χ3n) is 5.11. The second kappa shape index (κ2) is 8.45. The van der Waals surface area contributed by atoms with Gasteiger partial charge in [0.1, 0.15) is 11.4 Å². The number of hydrogen-bond acceptors (Lipinski definition) is 4. The minimum atomic E-state index is -5.39. The van der Waals surface area contributed by atoms with E-state index in [1.165, 1.54) is 6.92 Å². The first kappa shape index (κ1) is 23.0. The molecule has 10 heteroatoms. The van der Waals surface area contributed by atoms with Crippen LogP contribution in [0.15, 0.2) is 65.9 Å². The number of esters is 1. The Morgan fingerprint density at radius 3 is 2.19 bits per heavy atom. The van der Waals surface area contributed by atoms with Gasteiger partial charge in [0.05, 0.1) is 13.7 Å². The third-order valence-corrected chi connectivity index (χ3v) is 5.11. The number of ether oxygens (including phenoxy) is 1. The van der Waals surface area contributed by atoms with E-state index in [0.29, 0.717) is 5.56 Å². The van der Waals surface area contributed by atoms with E-state index < -0.39 is 40.9 Å². The molecule has 0 saturated heterocycles. The molecular weight excluding hydrogens is 432 g/mol. The summed E-state index contributed by atoms with van der Waals surface area (Å²) in [5.41, 5.74) is -4.84. The van der Waals surface area contributed by atoms with Crippen molar-refractivity contribution in [1.82, 2.24) is 10.2 Å². The minimum absolute atomic E-state index is 0.268. The number of benzene rings is 2.